The number of nitrogens with zero attached hydrogens (tertiary/aromatic N) is 2. The molecule has 1 amide bonds. The quantitative estimate of drug-likeness (QED) is 0.607. The fourth-order valence-corrected chi connectivity index (χ4v) is 3.28. The molecule has 3 N–H and O–H groups in total. The smallest absolute Gasteiger partial charge is 0.383 e. The number of nitrogens with one attached hydrogen (secondary N) is 1. The fourth-order valence-electron chi connectivity index (χ4n) is 3.28. The second-order valence-corrected chi connectivity index (χ2v) is 7.10. The van der Waals surface area contributed by atoms with Crippen molar-refractivity contribution in [2.24, 2.45) is 0 Å². The highest BCUT2D eigenvalue weighted by Crippen LogP contribution is 2.30. The van der Waals surface area contributed by atoms with Gasteiger partial charge in [0.25, 0.3) is 11.5 Å². The highest BCUT2D eigenvalue weighted by molar-refractivity contribution is 6.07. The first-order valence-electron chi connectivity index (χ1n) is 9.79. The number of rotatable bonds is 6. The molecule has 7 nitrogen and oxygen atoms in total. The molecule has 0 aliphatic carbocycles. The molecule has 0 fully saturated rings. The first-order chi connectivity index (χ1) is 15.1. The van der Waals surface area contributed by atoms with Gasteiger partial charge in [0.1, 0.15) is 5.82 Å². The Kier molecular flexibility index (Phi) is 6.52. The van der Waals surface area contributed by atoms with Crippen LogP contribution in [0.25, 0.3) is 0 Å². The summed E-state index contributed by atoms with van der Waals surface area (Å²) in [5, 5.41) is 0. The molecule has 2 aromatic carbocycles. The summed E-state index contributed by atoms with van der Waals surface area (Å²) < 4.78 is 40.4. The maximum absolute atomic E-state index is 13.1. The molecule has 0 spiro atoms. The average molecular weight is 446 g/mol. The number of aromatic amines is 1. The van der Waals surface area contributed by atoms with Gasteiger partial charge in [0.2, 0.25) is 0 Å². The number of carbonyl (C=O) groups excluding carboxylic acids is 1. The Hall–Kier alpha value is -3.82. The zero-order chi connectivity index (χ0) is 23.5. The Morgan fingerprint density at radius 1 is 1.09 bits per heavy atom. The largest absolute Gasteiger partial charge is 0.416 e. The highest BCUT2D eigenvalue weighted by Gasteiger charge is 2.32. The Labute approximate surface area is 180 Å². The minimum Gasteiger partial charge on any atom is -0.383 e. The minimum absolute atomic E-state index is 0.00585. The Balaban J connectivity index is 2.10. The van der Waals surface area contributed by atoms with E-state index in [0.717, 1.165) is 33.2 Å². The van der Waals surface area contributed by atoms with E-state index < -0.39 is 28.9 Å². The SMILES string of the molecule is CCCN(C(=O)c1cccc(C(F)(F)F)c1)c1c(N)n(Cc2ccccc2)c(=O)[nH]c1=O. The molecule has 0 atom stereocenters. The van der Waals surface area contributed by atoms with Crippen LogP contribution < -0.4 is 21.9 Å². The van der Waals surface area contributed by atoms with Gasteiger partial charge in [-0.25, -0.2) is 4.79 Å². The zero-order valence-corrected chi connectivity index (χ0v) is 17.1. The summed E-state index contributed by atoms with van der Waals surface area (Å²) in [4.78, 5) is 41.3. The van der Waals surface area contributed by atoms with Crippen molar-refractivity contribution in [3.05, 3.63) is 92.1 Å². The summed E-state index contributed by atoms with van der Waals surface area (Å²) in [6, 6.07) is 12.8. The molecule has 0 saturated carbocycles. The molecular weight excluding hydrogens is 425 g/mol. The average Bonchev–Trinajstić information content (AvgIpc) is 2.75. The van der Waals surface area contributed by atoms with Crippen molar-refractivity contribution in [2.45, 2.75) is 26.1 Å². The second-order valence-electron chi connectivity index (χ2n) is 7.10. The number of amides is 1. The van der Waals surface area contributed by atoms with E-state index in [1.54, 1.807) is 37.3 Å². The van der Waals surface area contributed by atoms with E-state index in [-0.39, 0.29) is 30.2 Å². The molecule has 0 saturated heterocycles. The summed E-state index contributed by atoms with van der Waals surface area (Å²) in [6.45, 7) is 1.77. The van der Waals surface area contributed by atoms with Crippen LogP contribution in [0.3, 0.4) is 0 Å². The van der Waals surface area contributed by atoms with Gasteiger partial charge in [-0.15, -0.1) is 0 Å². The molecule has 32 heavy (non-hydrogen) atoms. The van der Waals surface area contributed by atoms with Crippen molar-refractivity contribution in [2.75, 3.05) is 17.2 Å². The Morgan fingerprint density at radius 3 is 2.41 bits per heavy atom. The van der Waals surface area contributed by atoms with Crippen LogP contribution in [-0.2, 0) is 12.7 Å². The highest BCUT2D eigenvalue weighted by atomic mass is 19.4. The van der Waals surface area contributed by atoms with E-state index in [9.17, 15) is 27.6 Å². The third kappa shape index (κ3) is 4.74. The van der Waals surface area contributed by atoms with Crippen LogP contribution in [0.4, 0.5) is 24.7 Å². The van der Waals surface area contributed by atoms with E-state index in [1.165, 1.54) is 6.07 Å². The molecule has 0 unspecified atom stereocenters. The lowest BCUT2D eigenvalue weighted by Gasteiger charge is -2.24. The van der Waals surface area contributed by atoms with Crippen LogP contribution in [0.15, 0.2) is 64.2 Å². The molecular formula is C22H21F3N4O3. The van der Waals surface area contributed by atoms with Crippen LogP contribution in [0, 0.1) is 0 Å². The molecule has 1 heterocycles. The third-order valence-electron chi connectivity index (χ3n) is 4.80. The lowest BCUT2D eigenvalue weighted by atomic mass is 10.1. The number of anilines is 2. The van der Waals surface area contributed by atoms with Crippen LogP contribution in [0.2, 0.25) is 0 Å². The second kappa shape index (κ2) is 9.13. The molecule has 0 aliphatic heterocycles. The number of halogens is 3. The molecule has 1 aromatic heterocycles. The first kappa shape index (κ1) is 22.9. The van der Waals surface area contributed by atoms with Gasteiger partial charge in [-0.3, -0.25) is 19.1 Å². The van der Waals surface area contributed by atoms with Crippen LogP contribution >= 0.6 is 0 Å². The number of hydrogen-bond acceptors (Lipinski definition) is 4. The lowest BCUT2D eigenvalue weighted by molar-refractivity contribution is -0.137. The van der Waals surface area contributed by atoms with Gasteiger partial charge in [-0.2, -0.15) is 13.2 Å². The predicted molar refractivity (Wildman–Crippen MR) is 115 cm³/mol. The molecule has 0 aliphatic rings. The van der Waals surface area contributed by atoms with Crippen LogP contribution in [-0.4, -0.2) is 22.0 Å². The van der Waals surface area contributed by atoms with E-state index in [2.05, 4.69) is 4.98 Å². The van der Waals surface area contributed by atoms with Gasteiger partial charge in [-0.1, -0.05) is 43.3 Å². The van der Waals surface area contributed by atoms with Crippen molar-refractivity contribution in [3.8, 4) is 0 Å². The lowest BCUT2D eigenvalue weighted by Crippen LogP contribution is -2.41. The number of H-pyrrole nitrogens is 1. The van der Waals surface area contributed by atoms with Crippen molar-refractivity contribution in [3.63, 3.8) is 0 Å². The van der Waals surface area contributed by atoms with Crippen LogP contribution in [0.5, 0.6) is 0 Å². The molecule has 0 bridgehead atoms. The maximum Gasteiger partial charge on any atom is 0.416 e. The molecule has 168 valence electrons. The zero-order valence-electron chi connectivity index (χ0n) is 17.1. The standard InChI is InChI=1S/C22H21F3N4O3/c1-2-11-28(20(31)15-9-6-10-16(12-15)22(23,24)25)17-18(26)29(21(32)27-19(17)30)13-14-7-4-3-5-8-14/h3-10,12H,2,11,13,26H2,1H3,(H,27,30,32). The topological polar surface area (TPSA) is 101 Å². The third-order valence-corrected chi connectivity index (χ3v) is 4.80. The van der Waals surface area contributed by atoms with Crippen molar-refractivity contribution >= 4 is 17.4 Å². The van der Waals surface area contributed by atoms with Crippen molar-refractivity contribution < 1.29 is 18.0 Å². The minimum atomic E-state index is -4.63. The van der Waals surface area contributed by atoms with Gasteiger partial charge in [0.15, 0.2) is 5.69 Å². The number of alkyl halides is 3. The molecule has 10 heteroatoms. The molecule has 3 rings (SSSR count). The van der Waals surface area contributed by atoms with E-state index >= 15 is 0 Å². The summed E-state index contributed by atoms with van der Waals surface area (Å²) in [6.07, 6.45) is -4.24. The van der Waals surface area contributed by atoms with Crippen LogP contribution in [0.1, 0.15) is 34.8 Å². The summed E-state index contributed by atoms with van der Waals surface area (Å²) in [7, 11) is 0. The molecule has 0 radical (unpaired) electrons. The summed E-state index contributed by atoms with van der Waals surface area (Å²) >= 11 is 0. The monoisotopic (exact) mass is 446 g/mol. The normalized spacial score (nSPS) is 11.4. The van der Waals surface area contributed by atoms with E-state index in [0.29, 0.717) is 6.42 Å². The number of carbonyl (C=O) groups is 1. The number of benzene rings is 2. The fraction of sp³-hybridized carbons (Fsp3) is 0.227. The summed E-state index contributed by atoms with van der Waals surface area (Å²) in [5.74, 6) is -1.09. The van der Waals surface area contributed by atoms with Gasteiger partial charge in [-0.05, 0) is 30.2 Å². The number of nitrogens with two attached hydrogens (primary N) is 1. The Bertz CT molecular complexity index is 1230. The predicted octanol–water partition coefficient (Wildman–Crippen LogP) is 3.24. The summed E-state index contributed by atoms with van der Waals surface area (Å²) in [5.41, 5.74) is 3.68. The number of nitrogen functional groups attached to an aromatic ring is 1. The molecule has 3 aromatic rings. The number of aromatic nitrogens is 2. The van der Waals surface area contributed by atoms with E-state index in [4.69, 9.17) is 5.73 Å². The van der Waals surface area contributed by atoms with Gasteiger partial charge in [0, 0.05) is 12.1 Å². The van der Waals surface area contributed by atoms with Gasteiger partial charge < -0.3 is 10.6 Å². The first-order valence-corrected chi connectivity index (χ1v) is 9.79. The van der Waals surface area contributed by atoms with Gasteiger partial charge in [0.05, 0.1) is 12.1 Å². The van der Waals surface area contributed by atoms with Crippen molar-refractivity contribution in [1.29, 1.82) is 0 Å². The van der Waals surface area contributed by atoms with Crippen molar-refractivity contribution in [1.82, 2.24) is 9.55 Å². The maximum atomic E-state index is 13.1. The van der Waals surface area contributed by atoms with Gasteiger partial charge >= 0.3 is 11.9 Å². The van der Waals surface area contributed by atoms with E-state index in [1.807, 2.05) is 0 Å². The number of hydrogen-bond donors (Lipinski definition) is 2. The Morgan fingerprint density at radius 2 is 1.78 bits per heavy atom.